The third-order valence-corrected chi connectivity index (χ3v) is 7.76. The second kappa shape index (κ2) is 8.92. The third kappa shape index (κ3) is 4.31. The molecule has 1 saturated heterocycles. The molecule has 5 nitrogen and oxygen atoms in total. The van der Waals surface area contributed by atoms with Gasteiger partial charge in [0.1, 0.15) is 0 Å². The smallest absolute Gasteiger partial charge is 0.399 e. The maximum absolute atomic E-state index is 9.35. The van der Waals surface area contributed by atoms with Crippen LogP contribution in [0.1, 0.15) is 52.5 Å². The van der Waals surface area contributed by atoms with Crippen LogP contribution in [0.25, 0.3) is 0 Å². The average molecular weight is 455 g/mol. The number of hydrogen-bond donors (Lipinski definition) is 2. The van der Waals surface area contributed by atoms with Gasteiger partial charge < -0.3 is 20.0 Å². The Balaban J connectivity index is 1.44. The zero-order chi connectivity index (χ0) is 23.9. The minimum atomic E-state index is -0.436. The first kappa shape index (κ1) is 23.2. The van der Waals surface area contributed by atoms with Crippen molar-refractivity contribution in [3.8, 4) is 0 Å². The van der Waals surface area contributed by atoms with E-state index in [2.05, 4.69) is 74.5 Å². The molecule has 0 saturated carbocycles. The Morgan fingerprint density at radius 3 is 2.65 bits per heavy atom. The molecule has 3 atom stereocenters. The lowest BCUT2D eigenvalue weighted by Gasteiger charge is -2.35. The highest BCUT2D eigenvalue weighted by Crippen LogP contribution is 2.37. The highest BCUT2D eigenvalue weighted by molar-refractivity contribution is 6.62. The molecule has 2 heterocycles. The van der Waals surface area contributed by atoms with Gasteiger partial charge in [-0.3, -0.25) is 4.99 Å². The summed E-state index contributed by atoms with van der Waals surface area (Å²) in [5.74, 6) is -0.0580. The molecule has 0 amide bonds. The van der Waals surface area contributed by atoms with Crippen molar-refractivity contribution in [2.45, 2.75) is 70.2 Å². The highest BCUT2D eigenvalue weighted by atomic mass is 16.7. The van der Waals surface area contributed by atoms with E-state index in [4.69, 9.17) is 9.31 Å². The quantitative estimate of drug-likeness (QED) is 0.508. The van der Waals surface area contributed by atoms with Crippen LogP contribution in [-0.4, -0.2) is 42.3 Å². The second-order valence-corrected chi connectivity index (χ2v) is 10.6. The first-order valence-electron chi connectivity index (χ1n) is 12.3. The predicted molar refractivity (Wildman–Crippen MR) is 140 cm³/mol. The predicted octanol–water partition coefficient (Wildman–Crippen LogP) is 4.50. The van der Waals surface area contributed by atoms with Crippen molar-refractivity contribution in [1.82, 2.24) is 5.32 Å². The largest absolute Gasteiger partial charge is 0.494 e. The van der Waals surface area contributed by atoms with Crippen molar-refractivity contribution >= 4 is 24.5 Å². The van der Waals surface area contributed by atoms with Crippen LogP contribution in [0.4, 0.5) is 0 Å². The first-order chi connectivity index (χ1) is 16.2. The van der Waals surface area contributed by atoms with E-state index in [0.29, 0.717) is 5.71 Å². The van der Waals surface area contributed by atoms with Gasteiger partial charge in [0, 0.05) is 42.5 Å². The van der Waals surface area contributed by atoms with Crippen LogP contribution in [0.5, 0.6) is 0 Å². The van der Waals surface area contributed by atoms with Crippen LogP contribution in [0.15, 0.2) is 77.0 Å². The molecule has 2 aliphatic heterocycles. The molecule has 176 valence electrons. The number of nitrogens with one attached hydrogen (secondary N) is 2. The molecule has 3 unspecified atom stereocenters. The van der Waals surface area contributed by atoms with Crippen molar-refractivity contribution < 1.29 is 9.31 Å². The van der Waals surface area contributed by atoms with E-state index >= 15 is 0 Å². The van der Waals surface area contributed by atoms with Crippen molar-refractivity contribution in [1.29, 1.82) is 5.41 Å². The van der Waals surface area contributed by atoms with E-state index < -0.39 is 18.3 Å². The number of benzene rings is 1. The molecule has 0 radical (unpaired) electrons. The molecule has 1 aromatic carbocycles. The van der Waals surface area contributed by atoms with Crippen LogP contribution in [-0.2, 0) is 9.31 Å². The summed E-state index contributed by atoms with van der Waals surface area (Å²) in [5, 5.41) is 13.1. The molecule has 1 aromatic rings. The average Bonchev–Trinajstić information content (AvgIpc) is 3.06. The van der Waals surface area contributed by atoms with E-state index in [9.17, 15) is 5.41 Å². The summed E-state index contributed by atoms with van der Waals surface area (Å²) in [6, 6.07) is 8.40. The third-order valence-electron chi connectivity index (χ3n) is 7.76. The summed E-state index contributed by atoms with van der Waals surface area (Å²) in [4.78, 5) is 4.21. The zero-order valence-corrected chi connectivity index (χ0v) is 20.5. The summed E-state index contributed by atoms with van der Waals surface area (Å²) in [6.07, 6.45) is 17.8. The lowest BCUT2D eigenvalue weighted by Crippen LogP contribution is -2.46. The van der Waals surface area contributed by atoms with Gasteiger partial charge in [0.15, 0.2) is 0 Å². The lowest BCUT2D eigenvalue weighted by molar-refractivity contribution is 0.00578. The fourth-order valence-electron chi connectivity index (χ4n) is 5.04. The number of nitrogens with zero attached hydrogens (tertiary/aromatic N) is 1. The van der Waals surface area contributed by atoms with E-state index in [1.807, 2.05) is 30.6 Å². The van der Waals surface area contributed by atoms with E-state index in [1.54, 1.807) is 0 Å². The molecule has 0 bridgehead atoms. The van der Waals surface area contributed by atoms with Gasteiger partial charge in [0.25, 0.3) is 0 Å². The number of rotatable bonds is 5. The van der Waals surface area contributed by atoms with Gasteiger partial charge >= 0.3 is 7.12 Å². The maximum atomic E-state index is 9.35. The van der Waals surface area contributed by atoms with E-state index in [1.165, 1.54) is 11.1 Å². The molecule has 2 N–H and O–H groups in total. The Morgan fingerprint density at radius 1 is 1.12 bits per heavy atom. The fourth-order valence-corrected chi connectivity index (χ4v) is 5.04. The Kier molecular flexibility index (Phi) is 6.09. The molecule has 4 aliphatic rings. The van der Waals surface area contributed by atoms with Crippen LogP contribution in [0.3, 0.4) is 0 Å². The minimum absolute atomic E-state index is 0.0376. The van der Waals surface area contributed by atoms with E-state index in [-0.39, 0.29) is 18.0 Å². The lowest BCUT2D eigenvalue weighted by atomic mass is 9.73. The molecular formula is C28H34BN3O2. The molecule has 6 heteroatoms. The monoisotopic (exact) mass is 455 g/mol. The van der Waals surface area contributed by atoms with Gasteiger partial charge in [0.05, 0.1) is 11.2 Å². The zero-order valence-electron chi connectivity index (χ0n) is 20.5. The Bertz CT molecular complexity index is 1110. The van der Waals surface area contributed by atoms with Gasteiger partial charge in [-0.2, -0.15) is 0 Å². The van der Waals surface area contributed by atoms with Crippen LogP contribution in [0, 0.1) is 11.3 Å². The molecule has 2 aliphatic carbocycles. The topological polar surface area (TPSA) is 66.7 Å². The summed E-state index contributed by atoms with van der Waals surface area (Å²) in [6.45, 7) is 8.27. The van der Waals surface area contributed by atoms with Gasteiger partial charge in [-0.25, -0.2) is 0 Å². The number of allylic oxidation sites excluding steroid dienone is 4. The summed E-state index contributed by atoms with van der Waals surface area (Å²) >= 11 is 0. The summed E-state index contributed by atoms with van der Waals surface area (Å²) < 4.78 is 12.6. The van der Waals surface area contributed by atoms with Crippen LogP contribution >= 0.6 is 0 Å². The maximum Gasteiger partial charge on any atom is 0.494 e. The first-order valence-corrected chi connectivity index (χ1v) is 12.3. The molecule has 5 rings (SSSR count). The summed E-state index contributed by atoms with van der Waals surface area (Å²) in [5.41, 5.74) is 4.29. The molecule has 0 spiro atoms. The van der Waals surface area contributed by atoms with Crippen LogP contribution < -0.4 is 10.8 Å². The minimum Gasteiger partial charge on any atom is -0.399 e. The Hall–Kier alpha value is -2.54. The van der Waals surface area contributed by atoms with Crippen molar-refractivity contribution in [3.63, 3.8) is 0 Å². The normalized spacial score (nSPS) is 28.9. The number of hydrogen-bond acceptors (Lipinski definition) is 5. The van der Waals surface area contributed by atoms with Crippen LogP contribution in [0.2, 0.25) is 0 Å². The van der Waals surface area contributed by atoms with Crippen molar-refractivity contribution in [2.24, 2.45) is 10.9 Å². The van der Waals surface area contributed by atoms with E-state index in [0.717, 1.165) is 30.3 Å². The standard InChI is InChI=1S/C28H34BN3O2/c1-27(2)28(3,4)34-29(33-27)21-10-7-9-20(18-21)26(30)25-23-11-6-5-8-19(23)12-13-24(25)32-22-14-16-31-17-15-22/h6-7,9-14,16-18,22,24-25,30,32H,5,8,15H2,1-4H3. The molecule has 1 fully saturated rings. The Morgan fingerprint density at radius 2 is 1.91 bits per heavy atom. The SMILES string of the molecule is CC1(C)OB(c2cccc(C(=N)C3C4=C(C=CC3NC3C=CN=CC3)CCC=C4)c2)OC1(C)C. The van der Waals surface area contributed by atoms with Crippen molar-refractivity contribution in [2.75, 3.05) is 0 Å². The molecule has 0 aromatic heterocycles. The molecule has 34 heavy (non-hydrogen) atoms. The Labute approximate surface area is 203 Å². The fraction of sp³-hybridized carbons (Fsp3) is 0.429. The second-order valence-electron chi connectivity index (χ2n) is 10.6. The van der Waals surface area contributed by atoms with Gasteiger partial charge in [0.2, 0.25) is 0 Å². The summed E-state index contributed by atoms with van der Waals surface area (Å²) in [7, 11) is -0.436. The van der Waals surface area contributed by atoms with Gasteiger partial charge in [-0.1, -0.05) is 48.6 Å². The highest BCUT2D eigenvalue weighted by Gasteiger charge is 2.51. The van der Waals surface area contributed by atoms with Crippen molar-refractivity contribution in [3.05, 3.63) is 77.6 Å². The number of aliphatic imine (C=N–C) groups is 1. The van der Waals surface area contributed by atoms with Gasteiger partial charge in [-0.05, 0) is 68.8 Å². The molecular weight excluding hydrogens is 421 g/mol. The van der Waals surface area contributed by atoms with Gasteiger partial charge in [-0.15, -0.1) is 0 Å².